The molecule has 0 saturated carbocycles. The van der Waals surface area contributed by atoms with Crippen molar-refractivity contribution in [2.75, 3.05) is 12.4 Å². The van der Waals surface area contributed by atoms with Crippen LogP contribution < -0.4 is 4.74 Å². The first-order chi connectivity index (χ1) is 14.8. The Balaban J connectivity index is 1.84. The normalized spacial score (nSPS) is 11.9. The summed E-state index contributed by atoms with van der Waals surface area (Å²) in [6.07, 6.45) is 3.23. The Morgan fingerprint density at radius 1 is 1.19 bits per heavy atom. The Morgan fingerprint density at radius 2 is 1.94 bits per heavy atom. The predicted molar refractivity (Wildman–Crippen MR) is 125 cm³/mol. The molecule has 168 valence electrons. The molecular weight excluding hydrogens is 436 g/mol. The van der Waals surface area contributed by atoms with E-state index in [9.17, 15) is 14.7 Å². The topological polar surface area (TPSA) is 83.8 Å². The second-order valence-corrected chi connectivity index (χ2v) is 8.94. The monoisotopic (exact) mass is 464 g/mol. The molecule has 0 aliphatic rings. The number of ketones is 1. The number of carboxylic acid groups (broad SMARTS) is 1. The van der Waals surface area contributed by atoms with Gasteiger partial charge in [0.1, 0.15) is 11.5 Å². The van der Waals surface area contributed by atoms with Gasteiger partial charge >= 0.3 is 5.97 Å². The third kappa shape index (κ3) is 6.91. The minimum Gasteiger partial charge on any atom is -0.507 e. The van der Waals surface area contributed by atoms with Crippen molar-refractivity contribution < 1.29 is 24.5 Å². The van der Waals surface area contributed by atoms with Gasteiger partial charge in [-0.2, -0.15) is 0 Å². The van der Waals surface area contributed by atoms with Crippen LogP contribution in [0.4, 0.5) is 0 Å². The number of aliphatic carboxylic acids is 1. The van der Waals surface area contributed by atoms with E-state index in [-0.39, 0.29) is 11.5 Å². The summed E-state index contributed by atoms with van der Waals surface area (Å²) in [4.78, 5) is 23.7. The fourth-order valence-electron chi connectivity index (χ4n) is 3.14. The smallest absolute Gasteiger partial charge is 0.310 e. The largest absolute Gasteiger partial charge is 0.507 e. The molecule has 0 bridgehead atoms. The van der Waals surface area contributed by atoms with Gasteiger partial charge < -0.3 is 14.9 Å². The number of unbranched alkanes of at least 4 members (excludes halogenated alkanes) is 1. The highest BCUT2D eigenvalue weighted by molar-refractivity contribution is 7.99. The van der Waals surface area contributed by atoms with Crippen LogP contribution in [0.15, 0.2) is 35.2 Å². The number of hydrogen-bond acceptors (Lipinski definition) is 5. The SMILES string of the molecule is CCCc1c(OCCCCSc2ccc(C(C)C(=O)O)cc2Cl)ccc(C(C)=O)c1O. The highest BCUT2D eigenvalue weighted by Gasteiger charge is 2.16. The van der Waals surface area contributed by atoms with E-state index in [0.717, 1.165) is 29.9 Å². The molecule has 0 fully saturated rings. The van der Waals surface area contributed by atoms with E-state index in [1.54, 1.807) is 36.9 Å². The number of thioether (sulfide) groups is 1. The van der Waals surface area contributed by atoms with Crippen molar-refractivity contribution in [3.63, 3.8) is 0 Å². The number of benzene rings is 2. The Hall–Kier alpha value is -2.18. The van der Waals surface area contributed by atoms with Crippen molar-refractivity contribution in [1.29, 1.82) is 0 Å². The Morgan fingerprint density at radius 3 is 2.55 bits per heavy atom. The number of rotatable bonds is 12. The molecule has 0 amide bonds. The van der Waals surface area contributed by atoms with Crippen molar-refractivity contribution in [3.8, 4) is 11.5 Å². The first-order valence-electron chi connectivity index (χ1n) is 10.4. The first kappa shape index (κ1) is 25.1. The fraction of sp³-hybridized carbons (Fsp3) is 0.417. The maximum Gasteiger partial charge on any atom is 0.310 e. The summed E-state index contributed by atoms with van der Waals surface area (Å²) < 4.78 is 5.88. The molecule has 0 aliphatic heterocycles. The number of ether oxygens (including phenoxy) is 1. The number of halogens is 1. The minimum absolute atomic E-state index is 0.0257. The molecule has 0 radical (unpaired) electrons. The van der Waals surface area contributed by atoms with E-state index >= 15 is 0 Å². The number of phenolic OH excluding ortho intramolecular Hbond substituents is 1. The van der Waals surface area contributed by atoms with Gasteiger partial charge in [0.05, 0.1) is 23.1 Å². The third-order valence-electron chi connectivity index (χ3n) is 5.00. The zero-order chi connectivity index (χ0) is 23.0. The molecule has 2 rings (SSSR count). The number of carbonyl (C=O) groups is 2. The number of Topliss-reactive ketones (excluding diaryl/α,β-unsaturated/α-hetero) is 1. The maximum absolute atomic E-state index is 11.7. The van der Waals surface area contributed by atoms with Gasteiger partial charge in [0.15, 0.2) is 5.78 Å². The predicted octanol–water partition coefficient (Wildman–Crippen LogP) is 6.34. The quantitative estimate of drug-likeness (QED) is 0.216. The van der Waals surface area contributed by atoms with Crippen LogP contribution >= 0.6 is 23.4 Å². The lowest BCUT2D eigenvalue weighted by atomic mass is 10.0. The van der Waals surface area contributed by atoms with Crippen LogP contribution in [0.1, 0.15) is 67.4 Å². The fourth-order valence-corrected chi connectivity index (χ4v) is 4.43. The van der Waals surface area contributed by atoms with Crippen molar-refractivity contribution in [2.45, 2.75) is 57.3 Å². The molecule has 2 aromatic carbocycles. The molecule has 5 nitrogen and oxygen atoms in total. The third-order valence-corrected chi connectivity index (χ3v) is 6.58. The van der Waals surface area contributed by atoms with Crippen LogP contribution in [-0.4, -0.2) is 34.3 Å². The summed E-state index contributed by atoms with van der Waals surface area (Å²) in [5, 5.41) is 20.1. The van der Waals surface area contributed by atoms with Gasteiger partial charge in [0.25, 0.3) is 0 Å². The van der Waals surface area contributed by atoms with E-state index in [2.05, 4.69) is 0 Å². The van der Waals surface area contributed by atoms with Crippen LogP contribution in [0.3, 0.4) is 0 Å². The lowest BCUT2D eigenvalue weighted by Gasteiger charge is -2.14. The molecule has 1 atom stereocenters. The molecule has 2 N–H and O–H groups in total. The standard InChI is InChI=1S/C24H29ClO5S/c1-4-7-19-21(10-9-18(16(3)26)23(19)27)30-12-5-6-13-31-22-11-8-17(14-20(22)25)15(2)24(28)29/h8-11,14-15,27H,4-7,12-13H2,1-3H3,(H,28,29). The van der Waals surface area contributed by atoms with E-state index in [1.807, 2.05) is 19.1 Å². The lowest BCUT2D eigenvalue weighted by Crippen LogP contribution is -2.07. The van der Waals surface area contributed by atoms with E-state index < -0.39 is 11.9 Å². The van der Waals surface area contributed by atoms with Crippen LogP contribution in [0, 0.1) is 0 Å². The zero-order valence-electron chi connectivity index (χ0n) is 18.1. The molecule has 31 heavy (non-hydrogen) atoms. The molecule has 0 spiro atoms. The van der Waals surface area contributed by atoms with Gasteiger partial charge in [0.2, 0.25) is 0 Å². The second kappa shape index (κ2) is 12.0. The average Bonchev–Trinajstić information content (AvgIpc) is 2.72. The number of carboxylic acids is 1. The van der Waals surface area contributed by atoms with Crippen LogP contribution in [-0.2, 0) is 11.2 Å². The van der Waals surface area contributed by atoms with Gasteiger partial charge in [-0.3, -0.25) is 9.59 Å². The first-order valence-corrected chi connectivity index (χ1v) is 11.8. The molecular formula is C24H29ClO5S. The highest BCUT2D eigenvalue weighted by atomic mass is 35.5. The van der Waals surface area contributed by atoms with Crippen molar-refractivity contribution in [3.05, 3.63) is 52.0 Å². The number of carbonyl (C=O) groups excluding carboxylic acids is 1. The lowest BCUT2D eigenvalue weighted by molar-refractivity contribution is -0.138. The summed E-state index contributed by atoms with van der Waals surface area (Å²) in [6.45, 7) is 5.61. The molecule has 2 aromatic rings. The number of hydrogen-bond donors (Lipinski definition) is 2. The summed E-state index contributed by atoms with van der Waals surface area (Å²) in [6, 6.07) is 8.77. The molecule has 0 aliphatic carbocycles. The van der Waals surface area contributed by atoms with Crippen LogP contribution in [0.2, 0.25) is 5.02 Å². The van der Waals surface area contributed by atoms with E-state index in [0.29, 0.717) is 40.5 Å². The van der Waals surface area contributed by atoms with Crippen LogP contribution in [0.5, 0.6) is 11.5 Å². The average molecular weight is 465 g/mol. The van der Waals surface area contributed by atoms with Crippen LogP contribution in [0.25, 0.3) is 0 Å². The maximum atomic E-state index is 11.7. The summed E-state index contributed by atoms with van der Waals surface area (Å²) in [7, 11) is 0. The van der Waals surface area contributed by atoms with Crippen molar-refractivity contribution >= 4 is 35.1 Å². The summed E-state index contributed by atoms with van der Waals surface area (Å²) in [5.41, 5.74) is 1.71. The van der Waals surface area contributed by atoms with Crippen molar-refractivity contribution in [1.82, 2.24) is 0 Å². The van der Waals surface area contributed by atoms with Gasteiger partial charge in [0, 0.05) is 10.5 Å². The molecule has 0 saturated heterocycles. The summed E-state index contributed by atoms with van der Waals surface area (Å²) >= 11 is 7.94. The zero-order valence-corrected chi connectivity index (χ0v) is 19.7. The molecule has 7 heteroatoms. The Labute approximate surface area is 192 Å². The van der Waals surface area contributed by atoms with Crippen molar-refractivity contribution in [2.24, 2.45) is 0 Å². The molecule has 1 unspecified atom stereocenters. The van der Waals surface area contributed by atoms with Gasteiger partial charge in [-0.15, -0.1) is 11.8 Å². The van der Waals surface area contributed by atoms with Gasteiger partial charge in [-0.25, -0.2) is 0 Å². The molecule has 0 heterocycles. The van der Waals surface area contributed by atoms with Gasteiger partial charge in [-0.05, 0) is 68.7 Å². The summed E-state index contributed by atoms with van der Waals surface area (Å²) in [5.74, 6) is -0.116. The number of aromatic hydroxyl groups is 1. The Kier molecular flexibility index (Phi) is 9.72. The van der Waals surface area contributed by atoms with E-state index in [4.69, 9.17) is 21.4 Å². The van der Waals surface area contributed by atoms with Gasteiger partial charge in [-0.1, -0.05) is 31.0 Å². The second-order valence-electron chi connectivity index (χ2n) is 7.40. The van der Waals surface area contributed by atoms with E-state index in [1.165, 1.54) is 6.92 Å². The minimum atomic E-state index is -0.872. The molecule has 0 aromatic heterocycles. The highest BCUT2D eigenvalue weighted by Crippen LogP contribution is 2.34. The Bertz CT molecular complexity index is 928. The number of phenols is 1.